The van der Waals surface area contributed by atoms with E-state index in [9.17, 15) is 9.18 Å². The molecule has 0 spiro atoms. The zero-order valence-corrected chi connectivity index (χ0v) is 7.55. The van der Waals surface area contributed by atoms with E-state index in [4.69, 9.17) is 0 Å². The molecule has 3 atom stereocenters. The molecule has 2 N–H and O–H groups in total. The van der Waals surface area contributed by atoms with Crippen LogP contribution in [0.5, 0.6) is 0 Å². The Morgan fingerprint density at radius 2 is 2.23 bits per heavy atom. The average molecular weight is 186 g/mol. The van der Waals surface area contributed by atoms with Crippen molar-refractivity contribution >= 4 is 5.91 Å². The summed E-state index contributed by atoms with van der Waals surface area (Å²) in [6.07, 6.45) is 2.49. The molecule has 0 aromatic carbocycles. The number of amides is 1. The van der Waals surface area contributed by atoms with Gasteiger partial charge in [-0.15, -0.1) is 0 Å². The average Bonchev–Trinajstić information content (AvgIpc) is 2.65. The number of hydrogen-bond acceptors (Lipinski definition) is 2. The van der Waals surface area contributed by atoms with Gasteiger partial charge in [0.2, 0.25) is 5.91 Å². The first kappa shape index (κ1) is 8.94. The molecule has 1 aliphatic heterocycles. The highest BCUT2D eigenvalue weighted by atomic mass is 19.1. The Hall–Kier alpha value is -0.640. The van der Waals surface area contributed by atoms with Crippen molar-refractivity contribution in [2.75, 3.05) is 6.54 Å². The lowest BCUT2D eigenvalue weighted by atomic mass is 10.1. The van der Waals surface area contributed by atoms with Crippen molar-refractivity contribution in [3.8, 4) is 0 Å². The second-order valence-corrected chi connectivity index (χ2v) is 3.85. The summed E-state index contributed by atoms with van der Waals surface area (Å²) in [6.45, 7) is 0.722. The zero-order chi connectivity index (χ0) is 9.26. The van der Waals surface area contributed by atoms with E-state index in [1.54, 1.807) is 0 Å². The van der Waals surface area contributed by atoms with Gasteiger partial charge in [0, 0.05) is 12.6 Å². The molecule has 2 fully saturated rings. The largest absolute Gasteiger partial charge is 0.355 e. The minimum atomic E-state index is -0.756. The Balaban J connectivity index is 1.86. The third-order valence-corrected chi connectivity index (χ3v) is 2.90. The van der Waals surface area contributed by atoms with Crippen LogP contribution in [0.3, 0.4) is 0 Å². The molecule has 0 aromatic rings. The van der Waals surface area contributed by atoms with E-state index in [-0.39, 0.29) is 18.0 Å². The fourth-order valence-electron chi connectivity index (χ4n) is 2.11. The SMILES string of the molecule is O=C1NCCC1NC1CCCC1F. The van der Waals surface area contributed by atoms with Gasteiger partial charge in [0.15, 0.2) is 0 Å². The summed E-state index contributed by atoms with van der Waals surface area (Å²) in [5, 5.41) is 5.82. The highest BCUT2D eigenvalue weighted by Crippen LogP contribution is 2.22. The fourth-order valence-corrected chi connectivity index (χ4v) is 2.11. The standard InChI is InChI=1S/C9H15FN2O/c10-6-2-1-3-7(6)12-8-4-5-11-9(8)13/h6-8,12H,1-5H2,(H,11,13). The van der Waals surface area contributed by atoms with Gasteiger partial charge in [0.25, 0.3) is 0 Å². The third kappa shape index (κ3) is 1.82. The molecule has 3 nitrogen and oxygen atoms in total. The van der Waals surface area contributed by atoms with Gasteiger partial charge in [-0.1, -0.05) is 0 Å². The molecular formula is C9H15FN2O. The molecule has 2 aliphatic rings. The minimum absolute atomic E-state index is 0.0269. The molecule has 0 aromatic heterocycles. The van der Waals surface area contributed by atoms with Crippen LogP contribution in [0.25, 0.3) is 0 Å². The maximum Gasteiger partial charge on any atom is 0.237 e. The van der Waals surface area contributed by atoms with E-state index in [1.807, 2.05) is 0 Å². The second kappa shape index (κ2) is 3.62. The number of carbonyl (C=O) groups excluding carboxylic acids is 1. The molecule has 13 heavy (non-hydrogen) atoms. The summed E-state index contributed by atoms with van der Waals surface area (Å²) >= 11 is 0. The summed E-state index contributed by atoms with van der Waals surface area (Å²) in [5.74, 6) is 0.0269. The predicted octanol–water partition coefficient (Wildman–Crippen LogP) is 0.355. The van der Waals surface area contributed by atoms with Gasteiger partial charge in [-0.2, -0.15) is 0 Å². The fraction of sp³-hybridized carbons (Fsp3) is 0.889. The molecule has 74 valence electrons. The Kier molecular flexibility index (Phi) is 2.49. The zero-order valence-electron chi connectivity index (χ0n) is 7.55. The highest BCUT2D eigenvalue weighted by Gasteiger charge is 2.32. The number of halogens is 1. The molecule has 1 aliphatic carbocycles. The Morgan fingerprint density at radius 1 is 1.38 bits per heavy atom. The number of rotatable bonds is 2. The molecule has 3 unspecified atom stereocenters. The van der Waals surface area contributed by atoms with E-state index in [0.717, 1.165) is 25.8 Å². The third-order valence-electron chi connectivity index (χ3n) is 2.90. The van der Waals surface area contributed by atoms with Gasteiger partial charge in [0.05, 0.1) is 6.04 Å². The van der Waals surface area contributed by atoms with Crippen LogP contribution in [0, 0.1) is 0 Å². The molecule has 0 bridgehead atoms. The Labute approximate surface area is 77.1 Å². The van der Waals surface area contributed by atoms with Crippen molar-refractivity contribution in [3.05, 3.63) is 0 Å². The van der Waals surface area contributed by atoms with E-state index in [1.165, 1.54) is 0 Å². The van der Waals surface area contributed by atoms with Crippen molar-refractivity contribution in [1.29, 1.82) is 0 Å². The van der Waals surface area contributed by atoms with Crippen molar-refractivity contribution < 1.29 is 9.18 Å². The smallest absolute Gasteiger partial charge is 0.237 e. The van der Waals surface area contributed by atoms with Crippen LogP contribution >= 0.6 is 0 Å². The number of hydrogen-bond donors (Lipinski definition) is 2. The van der Waals surface area contributed by atoms with Gasteiger partial charge in [-0.3, -0.25) is 4.79 Å². The maximum atomic E-state index is 13.2. The molecule has 1 saturated heterocycles. The van der Waals surface area contributed by atoms with Gasteiger partial charge < -0.3 is 10.6 Å². The number of carbonyl (C=O) groups is 1. The topological polar surface area (TPSA) is 41.1 Å². The van der Waals surface area contributed by atoms with Crippen LogP contribution in [0.2, 0.25) is 0 Å². The first-order chi connectivity index (χ1) is 6.27. The molecule has 4 heteroatoms. The molecule has 2 rings (SSSR count). The highest BCUT2D eigenvalue weighted by molar-refractivity contribution is 5.83. The van der Waals surface area contributed by atoms with Crippen LogP contribution < -0.4 is 10.6 Å². The molecule has 0 radical (unpaired) electrons. The number of alkyl halides is 1. The van der Waals surface area contributed by atoms with Crippen molar-refractivity contribution in [1.82, 2.24) is 10.6 Å². The summed E-state index contributed by atoms with van der Waals surface area (Å²) in [5.41, 5.74) is 0. The monoisotopic (exact) mass is 186 g/mol. The maximum absolute atomic E-state index is 13.2. The Bertz CT molecular complexity index is 210. The summed E-state index contributed by atoms with van der Waals surface area (Å²) < 4.78 is 13.2. The first-order valence-corrected chi connectivity index (χ1v) is 4.95. The van der Waals surface area contributed by atoms with Gasteiger partial charge in [-0.05, 0) is 25.7 Å². The van der Waals surface area contributed by atoms with E-state index < -0.39 is 6.17 Å². The lowest BCUT2D eigenvalue weighted by Gasteiger charge is -2.18. The van der Waals surface area contributed by atoms with E-state index in [2.05, 4.69) is 10.6 Å². The van der Waals surface area contributed by atoms with Crippen LogP contribution in [0.1, 0.15) is 25.7 Å². The summed E-state index contributed by atoms with van der Waals surface area (Å²) in [6, 6.07) is -0.241. The first-order valence-electron chi connectivity index (χ1n) is 4.95. The van der Waals surface area contributed by atoms with E-state index in [0.29, 0.717) is 6.42 Å². The normalized spacial score (nSPS) is 39.5. The van der Waals surface area contributed by atoms with Gasteiger partial charge >= 0.3 is 0 Å². The van der Waals surface area contributed by atoms with Gasteiger partial charge in [-0.25, -0.2) is 4.39 Å². The van der Waals surface area contributed by atoms with Crippen molar-refractivity contribution in [2.24, 2.45) is 0 Å². The van der Waals surface area contributed by atoms with Crippen LogP contribution in [0.15, 0.2) is 0 Å². The minimum Gasteiger partial charge on any atom is -0.355 e. The quantitative estimate of drug-likeness (QED) is 0.653. The summed E-state index contributed by atoms with van der Waals surface area (Å²) in [7, 11) is 0. The van der Waals surface area contributed by atoms with Crippen molar-refractivity contribution in [3.63, 3.8) is 0 Å². The molecule has 1 heterocycles. The molecular weight excluding hydrogens is 171 g/mol. The van der Waals surface area contributed by atoms with Crippen LogP contribution in [-0.4, -0.2) is 30.7 Å². The Morgan fingerprint density at radius 3 is 2.77 bits per heavy atom. The predicted molar refractivity (Wildman–Crippen MR) is 47.1 cm³/mol. The second-order valence-electron chi connectivity index (χ2n) is 3.85. The molecule has 1 amide bonds. The van der Waals surface area contributed by atoms with Crippen LogP contribution in [0.4, 0.5) is 4.39 Å². The van der Waals surface area contributed by atoms with Gasteiger partial charge in [0.1, 0.15) is 6.17 Å². The van der Waals surface area contributed by atoms with E-state index >= 15 is 0 Å². The lowest BCUT2D eigenvalue weighted by Crippen LogP contribution is -2.44. The number of nitrogens with one attached hydrogen (secondary N) is 2. The van der Waals surface area contributed by atoms with Crippen molar-refractivity contribution in [2.45, 2.75) is 43.9 Å². The summed E-state index contributed by atoms with van der Waals surface area (Å²) in [4.78, 5) is 11.2. The van der Waals surface area contributed by atoms with Crippen LogP contribution in [-0.2, 0) is 4.79 Å². The molecule has 1 saturated carbocycles. The lowest BCUT2D eigenvalue weighted by molar-refractivity contribution is -0.121.